The summed E-state index contributed by atoms with van der Waals surface area (Å²) in [5, 5.41) is 19.0. The number of phenolic OH excluding ortho intramolecular Hbond substituents is 2. The zero-order valence-electron chi connectivity index (χ0n) is 10.3. The van der Waals surface area contributed by atoms with Crippen molar-refractivity contribution in [2.45, 2.75) is 12.8 Å². The van der Waals surface area contributed by atoms with Gasteiger partial charge in [-0.15, -0.1) is 0 Å². The van der Waals surface area contributed by atoms with Gasteiger partial charge in [-0.25, -0.2) is 0 Å². The van der Waals surface area contributed by atoms with E-state index in [4.69, 9.17) is 4.74 Å². The number of aryl methyl sites for hydroxylation is 2. The lowest BCUT2D eigenvalue weighted by Gasteiger charge is -2.06. The summed E-state index contributed by atoms with van der Waals surface area (Å²) in [5.74, 6) is 0.923. The van der Waals surface area contributed by atoms with Crippen molar-refractivity contribution in [3.63, 3.8) is 0 Å². The van der Waals surface area contributed by atoms with Gasteiger partial charge in [-0.1, -0.05) is 18.2 Å². The summed E-state index contributed by atoms with van der Waals surface area (Å²) in [7, 11) is 1.53. The minimum Gasteiger partial charge on any atom is -0.508 e. The highest BCUT2D eigenvalue weighted by Gasteiger charge is 2.03. The third-order valence-electron chi connectivity index (χ3n) is 2.86. The van der Waals surface area contributed by atoms with Gasteiger partial charge in [-0.05, 0) is 48.2 Å². The number of benzene rings is 2. The summed E-state index contributed by atoms with van der Waals surface area (Å²) in [6.07, 6.45) is 1.63. The summed E-state index contributed by atoms with van der Waals surface area (Å²) in [6, 6.07) is 12.6. The molecule has 2 aromatic carbocycles. The fourth-order valence-corrected chi connectivity index (χ4v) is 1.89. The van der Waals surface area contributed by atoms with Crippen molar-refractivity contribution in [2.75, 3.05) is 7.11 Å². The summed E-state index contributed by atoms with van der Waals surface area (Å²) in [5.41, 5.74) is 2.11. The van der Waals surface area contributed by atoms with E-state index in [0.29, 0.717) is 5.75 Å². The third kappa shape index (κ3) is 2.94. The molecule has 0 aliphatic rings. The van der Waals surface area contributed by atoms with E-state index in [0.717, 1.165) is 24.0 Å². The minimum absolute atomic E-state index is 0.158. The van der Waals surface area contributed by atoms with Crippen LogP contribution in [0.2, 0.25) is 0 Å². The monoisotopic (exact) mass is 244 g/mol. The highest BCUT2D eigenvalue weighted by Crippen LogP contribution is 2.26. The first-order valence-corrected chi connectivity index (χ1v) is 5.83. The number of hydrogen-bond donors (Lipinski definition) is 2. The maximum absolute atomic E-state index is 9.67. The molecule has 0 spiro atoms. The van der Waals surface area contributed by atoms with Crippen LogP contribution in [-0.4, -0.2) is 17.3 Å². The summed E-state index contributed by atoms with van der Waals surface area (Å²) < 4.78 is 5.00. The zero-order chi connectivity index (χ0) is 13.0. The molecule has 0 saturated carbocycles. The lowest BCUT2D eigenvalue weighted by atomic mass is 10.0. The van der Waals surface area contributed by atoms with E-state index in [9.17, 15) is 10.2 Å². The molecular formula is C15H16O3. The van der Waals surface area contributed by atoms with Crippen molar-refractivity contribution in [1.82, 2.24) is 0 Å². The molecule has 3 heteroatoms. The number of hydrogen-bond acceptors (Lipinski definition) is 3. The lowest BCUT2D eigenvalue weighted by molar-refractivity contribution is 0.373. The van der Waals surface area contributed by atoms with E-state index in [1.807, 2.05) is 18.2 Å². The molecule has 0 aromatic heterocycles. The minimum atomic E-state index is 0.158. The van der Waals surface area contributed by atoms with Gasteiger partial charge in [0.2, 0.25) is 0 Å². The van der Waals surface area contributed by atoms with Crippen molar-refractivity contribution in [2.24, 2.45) is 0 Å². The van der Waals surface area contributed by atoms with Gasteiger partial charge in [0, 0.05) is 0 Å². The van der Waals surface area contributed by atoms with Crippen LogP contribution in [0.25, 0.3) is 0 Å². The van der Waals surface area contributed by atoms with Crippen molar-refractivity contribution < 1.29 is 14.9 Å². The van der Waals surface area contributed by atoms with Crippen LogP contribution in [0.3, 0.4) is 0 Å². The molecular weight excluding hydrogens is 228 g/mol. The molecule has 2 rings (SSSR count). The van der Waals surface area contributed by atoms with E-state index in [-0.39, 0.29) is 11.5 Å². The molecule has 3 nitrogen and oxygen atoms in total. The zero-order valence-corrected chi connectivity index (χ0v) is 10.3. The molecule has 0 unspecified atom stereocenters. The Bertz CT molecular complexity index is 535. The molecule has 2 aromatic rings. The average molecular weight is 244 g/mol. The van der Waals surface area contributed by atoms with Crippen molar-refractivity contribution in [3.8, 4) is 17.2 Å². The summed E-state index contributed by atoms with van der Waals surface area (Å²) in [4.78, 5) is 0. The van der Waals surface area contributed by atoms with Gasteiger partial charge in [0.15, 0.2) is 11.5 Å². The van der Waals surface area contributed by atoms with Gasteiger partial charge in [0.25, 0.3) is 0 Å². The van der Waals surface area contributed by atoms with E-state index in [2.05, 4.69) is 0 Å². The van der Waals surface area contributed by atoms with Crippen LogP contribution in [0.1, 0.15) is 11.1 Å². The Morgan fingerprint density at radius 3 is 2.28 bits per heavy atom. The average Bonchev–Trinajstić information content (AvgIpc) is 2.37. The molecule has 0 aliphatic heterocycles. The van der Waals surface area contributed by atoms with Crippen LogP contribution in [0.4, 0.5) is 0 Å². The van der Waals surface area contributed by atoms with Gasteiger partial charge in [0.1, 0.15) is 5.75 Å². The second kappa shape index (κ2) is 5.45. The first kappa shape index (κ1) is 12.3. The van der Waals surface area contributed by atoms with Crippen LogP contribution >= 0.6 is 0 Å². The van der Waals surface area contributed by atoms with Gasteiger partial charge in [0.05, 0.1) is 7.11 Å². The first-order chi connectivity index (χ1) is 8.69. The van der Waals surface area contributed by atoms with Gasteiger partial charge in [-0.3, -0.25) is 0 Å². The first-order valence-electron chi connectivity index (χ1n) is 5.83. The molecule has 18 heavy (non-hydrogen) atoms. The molecule has 0 radical (unpaired) electrons. The van der Waals surface area contributed by atoms with Crippen LogP contribution in [0.15, 0.2) is 42.5 Å². The largest absolute Gasteiger partial charge is 0.508 e. The molecule has 2 N–H and O–H groups in total. The smallest absolute Gasteiger partial charge is 0.160 e. The number of aromatic hydroxyl groups is 2. The highest BCUT2D eigenvalue weighted by atomic mass is 16.5. The normalized spacial score (nSPS) is 10.3. The Kier molecular flexibility index (Phi) is 3.72. The second-order valence-corrected chi connectivity index (χ2v) is 4.18. The molecule has 0 heterocycles. The predicted molar refractivity (Wildman–Crippen MR) is 70.2 cm³/mol. The Hall–Kier alpha value is -2.16. The van der Waals surface area contributed by atoms with Crippen molar-refractivity contribution >= 4 is 0 Å². The number of methoxy groups -OCH3 is 1. The van der Waals surface area contributed by atoms with Gasteiger partial charge < -0.3 is 14.9 Å². The molecule has 94 valence electrons. The molecule has 0 saturated heterocycles. The van der Waals surface area contributed by atoms with Gasteiger partial charge in [-0.2, -0.15) is 0 Å². The Balaban J connectivity index is 2.04. The maximum Gasteiger partial charge on any atom is 0.160 e. The van der Waals surface area contributed by atoms with E-state index in [1.165, 1.54) is 7.11 Å². The quantitative estimate of drug-likeness (QED) is 0.869. The Morgan fingerprint density at radius 2 is 1.67 bits per heavy atom. The number of ether oxygens (including phenoxy) is 1. The van der Waals surface area contributed by atoms with Crippen molar-refractivity contribution in [1.29, 1.82) is 0 Å². The lowest BCUT2D eigenvalue weighted by Crippen LogP contribution is -1.92. The molecule has 0 atom stereocenters. The van der Waals surface area contributed by atoms with Crippen LogP contribution in [-0.2, 0) is 12.8 Å². The fraction of sp³-hybridized carbons (Fsp3) is 0.200. The second-order valence-electron chi connectivity index (χ2n) is 4.18. The Morgan fingerprint density at radius 1 is 0.944 bits per heavy atom. The predicted octanol–water partition coefficient (Wildman–Crippen LogP) is 2.89. The van der Waals surface area contributed by atoms with E-state index < -0.39 is 0 Å². The van der Waals surface area contributed by atoms with Crippen LogP contribution < -0.4 is 4.74 Å². The van der Waals surface area contributed by atoms with Crippen molar-refractivity contribution in [3.05, 3.63) is 53.6 Å². The molecule has 0 amide bonds. The standard InChI is InChI=1S/C15H16O3/c1-18-15-8-7-12(10-14(15)17)6-5-11-3-2-4-13(16)9-11/h2-4,7-10,16-17H,5-6H2,1H3. The van der Waals surface area contributed by atoms with Crippen LogP contribution in [0.5, 0.6) is 17.2 Å². The summed E-state index contributed by atoms with van der Waals surface area (Å²) >= 11 is 0. The Labute approximate surface area is 106 Å². The van der Waals surface area contributed by atoms with Crippen LogP contribution in [0, 0.1) is 0 Å². The number of phenols is 2. The number of rotatable bonds is 4. The molecule has 0 fully saturated rings. The summed E-state index contributed by atoms with van der Waals surface area (Å²) in [6.45, 7) is 0. The third-order valence-corrected chi connectivity index (χ3v) is 2.86. The molecule has 0 bridgehead atoms. The molecule has 0 aliphatic carbocycles. The topological polar surface area (TPSA) is 49.7 Å². The van der Waals surface area contributed by atoms with Gasteiger partial charge >= 0.3 is 0 Å². The van der Waals surface area contributed by atoms with E-state index in [1.54, 1.807) is 24.3 Å². The van der Waals surface area contributed by atoms with E-state index >= 15 is 0 Å². The highest BCUT2D eigenvalue weighted by molar-refractivity contribution is 5.42. The maximum atomic E-state index is 9.67. The SMILES string of the molecule is COc1ccc(CCc2cccc(O)c2)cc1O. The fourth-order valence-electron chi connectivity index (χ4n) is 1.89.